The Labute approximate surface area is 130 Å². The van der Waals surface area contributed by atoms with E-state index in [1.54, 1.807) is 18.5 Å². The maximum Gasteiger partial charge on any atom is 0.253 e. The first-order valence-corrected chi connectivity index (χ1v) is 7.51. The van der Waals surface area contributed by atoms with Gasteiger partial charge in [-0.3, -0.25) is 9.78 Å². The number of carbonyl (C=O) groups is 1. The molecule has 5 heteroatoms. The maximum absolute atomic E-state index is 12.3. The summed E-state index contributed by atoms with van der Waals surface area (Å²) in [5, 5.41) is 2.88. The fourth-order valence-corrected chi connectivity index (χ4v) is 3.20. The number of nitrogens with one attached hydrogen (secondary N) is 1. The summed E-state index contributed by atoms with van der Waals surface area (Å²) < 4.78 is 0.777. The molecule has 1 aromatic carbocycles. The molecule has 0 radical (unpaired) electrons. The fourth-order valence-electron chi connectivity index (χ4n) is 2.48. The van der Waals surface area contributed by atoms with Gasteiger partial charge in [-0.05, 0) is 39.5 Å². The van der Waals surface area contributed by atoms with E-state index in [1.165, 1.54) is 5.56 Å². The van der Waals surface area contributed by atoms with Gasteiger partial charge in [0.25, 0.3) is 5.91 Å². The SMILES string of the molecule is O=C(NC1c2ccccc2CC1Cl)c1cncc(Br)c1. The molecule has 1 amide bonds. The molecule has 102 valence electrons. The Kier molecular flexibility index (Phi) is 3.76. The molecule has 0 spiro atoms. The van der Waals surface area contributed by atoms with Crippen LogP contribution in [0.5, 0.6) is 0 Å². The molecule has 2 unspecified atom stereocenters. The van der Waals surface area contributed by atoms with Gasteiger partial charge in [-0.15, -0.1) is 11.6 Å². The number of nitrogens with zero attached hydrogens (tertiary/aromatic N) is 1. The van der Waals surface area contributed by atoms with Crippen molar-refractivity contribution in [2.75, 3.05) is 0 Å². The summed E-state index contributed by atoms with van der Waals surface area (Å²) in [6.07, 6.45) is 3.97. The van der Waals surface area contributed by atoms with Crippen molar-refractivity contribution < 1.29 is 4.79 Å². The van der Waals surface area contributed by atoms with Crippen molar-refractivity contribution >= 4 is 33.4 Å². The van der Waals surface area contributed by atoms with Crippen molar-refractivity contribution in [1.82, 2.24) is 10.3 Å². The summed E-state index contributed by atoms with van der Waals surface area (Å²) in [5.41, 5.74) is 2.82. The van der Waals surface area contributed by atoms with E-state index < -0.39 is 0 Å². The zero-order valence-corrected chi connectivity index (χ0v) is 12.9. The number of hydrogen-bond donors (Lipinski definition) is 1. The highest BCUT2D eigenvalue weighted by Crippen LogP contribution is 2.34. The van der Waals surface area contributed by atoms with Gasteiger partial charge in [-0.1, -0.05) is 24.3 Å². The first-order chi connectivity index (χ1) is 9.65. The molecule has 0 aliphatic heterocycles. The van der Waals surface area contributed by atoms with Crippen LogP contribution in [-0.4, -0.2) is 16.3 Å². The smallest absolute Gasteiger partial charge is 0.253 e. The van der Waals surface area contributed by atoms with Crippen molar-refractivity contribution in [3.8, 4) is 0 Å². The number of hydrogen-bond acceptors (Lipinski definition) is 2. The Morgan fingerprint density at radius 3 is 2.95 bits per heavy atom. The van der Waals surface area contributed by atoms with E-state index >= 15 is 0 Å². The molecule has 0 fully saturated rings. The summed E-state index contributed by atoms with van der Waals surface area (Å²) in [4.78, 5) is 16.3. The lowest BCUT2D eigenvalue weighted by Gasteiger charge is -2.17. The number of alkyl halides is 1. The van der Waals surface area contributed by atoms with Crippen LogP contribution < -0.4 is 5.32 Å². The Bertz CT molecular complexity index is 662. The molecule has 2 aromatic rings. The van der Waals surface area contributed by atoms with Crippen molar-refractivity contribution in [1.29, 1.82) is 0 Å². The number of fused-ring (bicyclic) bond motifs is 1. The zero-order chi connectivity index (χ0) is 14.1. The number of carbonyl (C=O) groups excluding carboxylic acids is 1. The summed E-state index contributed by atoms with van der Waals surface area (Å²) in [6, 6.07) is 9.61. The molecule has 1 aliphatic carbocycles. The van der Waals surface area contributed by atoms with Crippen molar-refractivity contribution in [2.24, 2.45) is 0 Å². The largest absolute Gasteiger partial charge is 0.344 e. The third-order valence-corrected chi connectivity index (χ3v) is 4.26. The standard InChI is InChI=1S/C15H12BrClN2O/c16-11-5-10(7-18-8-11)15(20)19-14-12-4-2-1-3-9(12)6-13(14)17/h1-5,7-8,13-14H,6H2,(H,19,20). The average Bonchev–Trinajstić information content (AvgIpc) is 2.75. The predicted molar refractivity (Wildman–Crippen MR) is 81.9 cm³/mol. The Hall–Kier alpha value is -1.39. The van der Waals surface area contributed by atoms with E-state index in [9.17, 15) is 4.79 Å². The minimum atomic E-state index is -0.161. The lowest BCUT2D eigenvalue weighted by Crippen LogP contribution is -2.31. The lowest BCUT2D eigenvalue weighted by molar-refractivity contribution is 0.0937. The van der Waals surface area contributed by atoms with Crippen LogP contribution in [0, 0.1) is 0 Å². The number of amides is 1. The van der Waals surface area contributed by atoms with Gasteiger partial charge in [-0.25, -0.2) is 0 Å². The first kappa shape index (κ1) is 13.6. The predicted octanol–water partition coefficient (Wildman–Crippen LogP) is 3.48. The fraction of sp³-hybridized carbons (Fsp3) is 0.200. The molecule has 1 aromatic heterocycles. The topological polar surface area (TPSA) is 42.0 Å². The molecular formula is C15H12BrClN2O. The van der Waals surface area contributed by atoms with Crippen LogP contribution in [0.25, 0.3) is 0 Å². The summed E-state index contributed by atoms with van der Waals surface area (Å²) in [5.74, 6) is -0.161. The van der Waals surface area contributed by atoms with Crippen molar-refractivity contribution in [2.45, 2.75) is 17.8 Å². The van der Waals surface area contributed by atoms with Gasteiger partial charge in [-0.2, -0.15) is 0 Å². The molecule has 1 heterocycles. The van der Waals surface area contributed by atoms with Crippen LogP contribution in [0.2, 0.25) is 0 Å². The quantitative estimate of drug-likeness (QED) is 0.842. The first-order valence-electron chi connectivity index (χ1n) is 6.28. The third-order valence-electron chi connectivity index (χ3n) is 3.42. The van der Waals surface area contributed by atoms with Crippen LogP contribution in [0.15, 0.2) is 47.2 Å². The molecule has 20 heavy (non-hydrogen) atoms. The Morgan fingerprint density at radius 2 is 2.15 bits per heavy atom. The number of halogens is 2. The highest BCUT2D eigenvalue weighted by Gasteiger charge is 2.32. The Morgan fingerprint density at radius 1 is 1.35 bits per heavy atom. The second-order valence-electron chi connectivity index (χ2n) is 4.76. The monoisotopic (exact) mass is 350 g/mol. The highest BCUT2D eigenvalue weighted by molar-refractivity contribution is 9.10. The van der Waals surface area contributed by atoms with E-state index in [1.807, 2.05) is 18.2 Å². The normalized spacial score (nSPS) is 20.5. The zero-order valence-electron chi connectivity index (χ0n) is 10.5. The minimum absolute atomic E-state index is 0.114. The van der Waals surface area contributed by atoms with Crippen LogP contribution in [0.3, 0.4) is 0 Å². The minimum Gasteiger partial charge on any atom is -0.344 e. The summed E-state index contributed by atoms with van der Waals surface area (Å²) in [7, 11) is 0. The molecular weight excluding hydrogens is 340 g/mol. The van der Waals surface area contributed by atoms with Gasteiger partial charge in [0.05, 0.1) is 17.0 Å². The molecule has 0 saturated carbocycles. The third kappa shape index (κ3) is 2.58. The molecule has 2 atom stereocenters. The number of benzene rings is 1. The van der Waals surface area contributed by atoms with Crippen molar-refractivity contribution in [3.05, 3.63) is 63.9 Å². The summed E-state index contributed by atoms with van der Waals surface area (Å²) >= 11 is 9.68. The van der Waals surface area contributed by atoms with E-state index in [4.69, 9.17) is 11.6 Å². The Balaban J connectivity index is 1.83. The molecule has 1 aliphatic rings. The molecule has 3 nitrogen and oxygen atoms in total. The van der Waals surface area contributed by atoms with E-state index in [2.05, 4.69) is 32.3 Å². The van der Waals surface area contributed by atoms with E-state index in [0.29, 0.717) is 5.56 Å². The molecule has 0 bridgehead atoms. The molecule has 1 N–H and O–H groups in total. The second kappa shape index (κ2) is 5.54. The van der Waals surface area contributed by atoms with Crippen LogP contribution in [0.1, 0.15) is 27.5 Å². The summed E-state index contributed by atoms with van der Waals surface area (Å²) in [6.45, 7) is 0. The molecule has 0 saturated heterocycles. The van der Waals surface area contributed by atoms with E-state index in [-0.39, 0.29) is 17.3 Å². The number of pyridine rings is 1. The number of aromatic nitrogens is 1. The van der Waals surface area contributed by atoms with E-state index in [0.717, 1.165) is 16.5 Å². The van der Waals surface area contributed by atoms with Gasteiger partial charge in [0, 0.05) is 16.9 Å². The maximum atomic E-state index is 12.3. The second-order valence-corrected chi connectivity index (χ2v) is 6.24. The number of rotatable bonds is 2. The highest BCUT2D eigenvalue weighted by atomic mass is 79.9. The van der Waals surface area contributed by atoms with Crippen LogP contribution in [0.4, 0.5) is 0 Å². The molecule has 3 rings (SSSR count). The van der Waals surface area contributed by atoms with Gasteiger partial charge in [0.2, 0.25) is 0 Å². The van der Waals surface area contributed by atoms with Gasteiger partial charge >= 0.3 is 0 Å². The van der Waals surface area contributed by atoms with Gasteiger partial charge in [0.15, 0.2) is 0 Å². The van der Waals surface area contributed by atoms with Gasteiger partial charge < -0.3 is 5.32 Å². The average molecular weight is 352 g/mol. The van der Waals surface area contributed by atoms with Crippen LogP contribution in [-0.2, 0) is 6.42 Å². The van der Waals surface area contributed by atoms with Crippen LogP contribution >= 0.6 is 27.5 Å². The van der Waals surface area contributed by atoms with Crippen molar-refractivity contribution in [3.63, 3.8) is 0 Å². The lowest BCUT2D eigenvalue weighted by atomic mass is 10.1. The van der Waals surface area contributed by atoms with Gasteiger partial charge in [0.1, 0.15) is 0 Å².